The summed E-state index contributed by atoms with van der Waals surface area (Å²) in [6.45, 7) is 0. The highest BCUT2D eigenvalue weighted by Gasteiger charge is 2.24. The summed E-state index contributed by atoms with van der Waals surface area (Å²) >= 11 is 0. The van der Waals surface area contributed by atoms with Crippen molar-refractivity contribution in [1.82, 2.24) is 0 Å². The zero-order valence-electron chi connectivity index (χ0n) is 8.99. The summed E-state index contributed by atoms with van der Waals surface area (Å²) in [5, 5.41) is 0. The molecule has 0 aliphatic heterocycles. The Morgan fingerprint density at radius 3 is 2.33 bits per heavy atom. The Morgan fingerprint density at radius 2 is 1.87 bits per heavy atom. The van der Waals surface area contributed by atoms with Crippen LogP contribution in [0, 0.1) is 5.92 Å². The first-order chi connectivity index (χ1) is 7.15. The zero-order valence-corrected chi connectivity index (χ0v) is 8.99. The van der Waals surface area contributed by atoms with Gasteiger partial charge < -0.3 is 10.5 Å². The maximum absolute atomic E-state index is 11.4. The summed E-state index contributed by atoms with van der Waals surface area (Å²) in [7, 11) is 1.32. The van der Waals surface area contributed by atoms with Crippen LogP contribution < -0.4 is 5.73 Å². The number of nitrogens with two attached hydrogens (primary N) is 1. The number of carbonyl (C=O) groups excluding carboxylic acids is 2. The van der Waals surface area contributed by atoms with Crippen molar-refractivity contribution in [2.24, 2.45) is 11.7 Å². The molecule has 4 heteroatoms. The second-order valence-corrected chi connectivity index (χ2v) is 3.83. The van der Waals surface area contributed by atoms with Gasteiger partial charge in [-0.3, -0.25) is 4.79 Å². The third-order valence-corrected chi connectivity index (χ3v) is 2.76. The molecule has 1 fully saturated rings. The number of esters is 1. The highest BCUT2D eigenvalue weighted by atomic mass is 16.5. The topological polar surface area (TPSA) is 69.4 Å². The van der Waals surface area contributed by atoms with E-state index in [-0.39, 0.29) is 5.92 Å². The van der Waals surface area contributed by atoms with Crippen LogP contribution >= 0.6 is 0 Å². The molecule has 1 aliphatic rings. The van der Waals surface area contributed by atoms with Gasteiger partial charge in [-0.25, -0.2) is 4.79 Å². The van der Waals surface area contributed by atoms with Gasteiger partial charge in [0.25, 0.3) is 0 Å². The van der Waals surface area contributed by atoms with Gasteiger partial charge in [-0.15, -0.1) is 0 Å². The number of ether oxygens (including phenoxy) is 1. The second kappa shape index (κ2) is 5.53. The standard InChI is InChI=1S/C11H17NO3/c1-15-11(14)9(7-10(12)13)8-5-3-2-4-6-8/h7-8H,2-6H2,1H3,(H2,12,13)/b9-7-. The Kier molecular flexibility index (Phi) is 4.34. The Balaban J connectivity index is 2.79. The highest BCUT2D eigenvalue weighted by Crippen LogP contribution is 2.30. The van der Waals surface area contributed by atoms with E-state index >= 15 is 0 Å². The number of hydrogen-bond acceptors (Lipinski definition) is 3. The van der Waals surface area contributed by atoms with Gasteiger partial charge in [-0.05, 0) is 18.8 Å². The molecule has 0 atom stereocenters. The number of carbonyl (C=O) groups is 2. The fourth-order valence-corrected chi connectivity index (χ4v) is 2.03. The molecular formula is C11H17NO3. The number of hydrogen-bond donors (Lipinski definition) is 1. The lowest BCUT2D eigenvalue weighted by Gasteiger charge is -2.22. The monoisotopic (exact) mass is 211 g/mol. The zero-order chi connectivity index (χ0) is 11.3. The fraction of sp³-hybridized carbons (Fsp3) is 0.636. The minimum Gasteiger partial charge on any atom is -0.466 e. The fourth-order valence-electron chi connectivity index (χ4n) is 2.03. The minimum absolute atomic E-state index is 0.138. The van der Waals surface area contributed by atoms with Gasteiger partial charge in [0.15, 0.2) is 0 Å². The normalized spacial score (nSPS) is 18.6. The molecule has 0 bridgehead atoms. The van der Waals surface area contributed by atoms with Crippen molar-refractivity contribution in [3.8, 4) is 0 Å². The van der Waals surface area contributed by atoms with Crippen LogP contribution in [0.15, 0.2) is 11.6 Å². The summed E-state index contributed by atoms with van der Waals surface area (Å²) in [6, 6.07) is 0. The summed E-state index contributed by atoms with van der Waals surface area (Å²) in [5.41, 5.74) is 5.50. The molecule has 0 aromatic carbocycles. The lowest BCUT2D eigenvalue weighted by atomic mass is 9.83. The minimum atomic E-state index is -0.582. The van der Waals surface area contributed by atoms with E-state index < -0.39 is 11.9 Å². The molecule has 0 spiro atoms. The number of rotatable bonds is 3. The molecule has 2 N–H and O–H groups in total. The van der Waals surface area contributed by atoms with Crippen LogP contribution in [0.1, 0.15) is 32.1 Å². The second-order valence-electron chi connectivity index (χ2n) is 3.83. The van der Waals surface area contributed by atoms with E-state index in [1.165, 1.54) is 19.6 Å². The average Bonchev–Trinajstić information content (AvgIpc) is 2.26. The summed E-state index contributed by atoms with van der Waals surface area (Å²) in [6.07, 6.45) is 6.47. The molecule has 1 saturated carbocycles. The molecule has 1 amide bonds. The van der Waals surface area contributed by atoms with Crippen molar-refractivity contribution in [2.45, 2.75) is 32.1 Å². The van der Waals surface area contributed by atoms with Crippen LogP contribution in [-0.4, -0.2) is 19.0 Å². The van der Waals surface area contributed by atoms with Gasteiger partial charge in [0.05, 0.1) is 7.11 Å². The maximum atomic E-state index is 11.4. The van der Waals surface area contributed by atoms with Crippen molar-refractivity contribution < 1.29 is 14.3 Å². The summed E-state index contributed by atoms with van der Waals surface area (Å²) in [4.78, 5) is 22.3. The van der Waals surface area contributed by atoms with Gasteiger partial charge in [0, 0.05) is 11.6 Å². The van der Waals surface area contributed by atoms with Crippen molar-refractivity contribution in [3.05, 3.63) is 11.6 Å². The Bertz CT molecular complexity index is 278. The van der Waals surface area contributed by atoms with E-state index in [1.54, 1.807) is 0 Å². The molecule has 0 saturated heterocycles. The van der Waals surface area contributed by atoms with Crippen LogP contribution in [0.2, 0.25) is 0 Å². The average molecular weight is 211 g/mol. The van der Waals surface area contributed by atoms with Crippen molar-refractivity contribution in [3.63, 3.8) is 0 Å². The predicted octanol–water partition coefficient (Wildman–Crippen LogP) is 1.15. The van der Waals surface area contributed by atoms with E-state index in [1.807, 2.05) is 0 Å². The molecule has 0 heterocycles. The van der Waals surface area contributed by atoms with E-state index in [0.717, 1.165) is 25.7 Å². The third kappa shape index (κ3) is 3.38. The highest BCUT2D eigenvalue weighted by molar-refractivity contribution is 5.98. The van der Waals surface area contributed by atoms with E-state index in [4.69, 9.17) is 5.73 Å². The molecule has 0 aromatic rings. The molecule has 15 heavy (non-hydrogen) atoms. The lowest BCUT2D eigenvalue weighted by Crippen LogP contribution is -2.20. The molecule has 4 nitrogen and oxygen atoms in total. The Hall–Kier alpha value is -1.32. The Morgan fingerprint density at radius 1 is 1.27 bits per heavy atom. The SMILES string of the molecule is COC(=O)/C(=C\C(N)=O)C1CCCCC1. The molecule has 1 aliphatic carbocycles. The molecule has 0 unspecified atom stereocenters. The first kappa shape index (κ1) is 11.8. The quantitative estimate of drug-likeness (QED) is 0.562. The van der Waals surface area contributed by atoms with Gasteiger partial charge >= 0.3 is 5.97 Å². The van der Waals surface area contributed by atoms with Gasteiger partial charge in [-0.1, -0.05) is 19.3 Å². The lowest BCUT2D eigenvalue weighted by molar-refractivity contribution is -0.137. The molecule has 0 radical (unpaired) electrons. The predicted molar refractivity (Wildman–Crippen MR) is 55.9 cm³/mol. The van der Waals surface area contributed by atoms with Crippen molar-refractivity contribution in [2.75, 3.05) is 7.11 Å². The molecule has 84 valence electrons. The third-order valence-electron chi connectivity index (χ3n) is 2.76. The van der Waals surface area contributed by atoms with Gasteiger partial charge in [-0.2, -0.15) is 0 Å². The van der Waals surface area contributed by atoms with Crippen LogP contribution in [0.3, 0.4) is 0 Å². The summed E-state index contributed by atoms with van der Waals surface area (Å²) in [5.74, 6) is -0.875. The summed E-state index contributed by atoms with van der Waals surface area (Å²) < 4.78 is 4.65. The van der Waals surface area contributed by atoms with Gasteiger partial charge in [0.1, 0.15) is 0 Å². The smallest absolute Gasteiger partial charge is 0.334 e. The van der Waals surface area contributed by atoms with Crippen LogP contribution in [0.4, 0.5) is 0 Å². The van der Waals surface area contributed by atoms with Crippen LogP contribution in [-0.2, 0) is 14.3 Å². The number of methoxy groups -OCH3 is 1. The van der Waals surface area contributed by atoms with Crippen LogP contribution in [0.25, 0.3) is 0 Å². The largest absolute Gasteiger partial charge is 0.466 e. The molecule has 0 aromatic heterocycles. The first-order valence-corrected chi connectivity index (χ1v) is 5.24. The Labute approximate surface area is 89.5 Å². The molecule has 1 rings (SSSR count). The van der Waals surface area contributed by atoms with Crippen LogP contribution in [0.5, 0.6) is 0 Å². The van der Waals surface area contributed by atoms with Crippen molar-refractivity contribution >= 4 is 11.9 Å². The first-order valence-electron chi connectivity index (χ1n) is 5.24. The number of amides is 1. The van der Waals surface area contributed by atoms with E-state index in [2.05, 4.69) is 4.74 Å². The van der Waals surface area contributed by atoms with Gasteiger partial charge in [0.2, 0.25) is 5.91 Å². The van der Waals surface area contributed by atoms with E-state index in [9.17, 15) is 9.59 Å². The maximum Gasteiger partial charge on any atom is 0.334 e. The number of primary amides is 1. The van der Waals surface area contributed by atoms with E-state index in [0.29, 0.717) is 5.57 Å². The molecular weight excluding hydrogens is 194 g/mol. The van der Waals surface area contributed by atoms with Crippen molar-refractivity contribution in [1.29, 1.82) is 0 Å².